The minimum atomic E-state index is 0.422. The zero-order valence-electron chi connectivity index (χ0n) is 18.4. The molecule has 2 fully saturated rings. The maximum atomic E-state index is 5.40. The van der Waals surface area contributed by atoms with E-state index in [1.165, 1.54) is 31.5 Å². The lowest BCUT2D eigenvalue weighted by Crippen LogP contribution is -2.46. The van der Waals surface area contributed by atoms with Gasteiger partial charge in [-0.2, -0.15) is 0 Å². The van der Waals surface area contributed by atoms with Crippen molar-refractivity contribution in [2.75, 3.05) is 61.0 Å². The number of piperidine rings is 1. The van der Waals surface area contributed by atoms with E-state index >= 15 is 0 Å². The summed E-state index contributed by atoms with van der Waals surface area (Å²) < 4.78 is 10.8. The quantitative estimate of drug-likeness (QED) is 0.535. The second-order valence-electron chi connectivity index (χ2n) is 8.29. The third-order valence-corrected chi connectivity index (χ3v) is 6.05. The Hall–Kier alpha value is -1.99. The van der Waals surface area contributed by atoms with E-state index in [1.54, 1.807) is 14.2 Å². The van der Waals surface area contributed by atoms with E-state index < -0.39 is 0 Å². The van der Waals surface area contributed by atoms with Gasteiger partial charge in [0.25, 0.3) is 0 Å². The number of ether oxygens (including phenoxy) is 2. The number of benzene rings is 1. The molecule has 2 heterocycles. The summed E-state index contributed by atoms with van der Waals surface area (Å²) in [6.07, 6.45) is 3.65. The summed E-state index contributed by atoms with van der Waals surface area (Å²) in [5, 5.41) is 7.16. The highest BCUT2D eigenvalue weighted by molar-refractivity contribution is 5.80. The molecule has 7 nitrogen and oxygen atoms in total. The molecule has 1 aromatic rings. The van der Waals surface area contributed by atoms with Gasteiger partial charge in [-0.25, -0.2) is 0 Å². The highest BCUT2D eigenvalue weighted by Crippen LogP contribution is 2.24. The molecule has 1 aromatic carbocycles. The summed E-state index contributed by atoms with van der Waals surface area (Å²) in [7, 11) is 7.45. The lowest BCUT2D eigenvalue weighted by Gasteiger charge is -2.29. The summed E-state index contributed by atoms with van der Waals surface area (Å²) in [4.78, 5) is 9.32. The SMILES string of the molecule is CN=C(NCC1CCN(C)CC1)NC1CCN(Cc2cc(OC)cc(OC)c2)C1. The number of guanidine groups is 1. The molecule has 2 aliphatic rings. The Morgan fingerprint density at radius 3 is 2.38 bits per heavy atom. The number of nitrogens with one attached hydrogen (secondary N) is 2. The van der Waals surface area contributed by atoms with Crippen LogP contribution >= 0.6 is 0 Å². The van der Waals surface area contributed by atoms with Gasteiger partial charge in [-0.1, -0.05) is 0 Å². The van der Waals surface area contributed by atoms with Crippen LogP contribution in [0.15, 0.2) is 23.2 Å². The number of hydrogen-bond donors (Lipinski definition) is 2. The smallest absolute Gasteiger partial charge is 0.191 e. The lowest BCUT2D eigenvalue weighted by molar-refractivity contribution is 0.220. The highest BCUT2D eigenvalue weighted by atomic mass is 16.5. The Kier molecular flexibility index (Phi) is 8.00. The number of aliphatic imine (C=N–C) groups is 1. The lowest BCUT2D eigenvalue weighted by atomic mass is 9.97. The van der Waals surface area contributed by atoms with E-state index in [-0.39, 0.29) is 0 Å². The number of rotatable bonds is 7. The van der Waals surface area contributed by atoms with Crippen LogP contribution in [0.25, 0.3) is 0 Å². The molecule has 29 heavy (non-hydrogen) atoms. The Morgan fingerprint density at radius 1 is 1.07 bits per heavy atom. The van der Waals surface area contributed by atoms with Crippen LogP contribution in [0.5, 0.6) is 11.5 Å². The summed E-state index contributed by atoms with van der Waals surface area (Å²) in [5.74, 6) is 3.35. The first-order valence-electron chi connectivity index (χ1n) is 10.7. The van der Waals surface area contributed by atoms with Gasteiger partial charge >= 0.3 is 0 Å². The van der Waals surface area contributed by atoms with Crippen molar-refractivity contribution in [1.29, 1.82) is 0 Å². The van der Waals surface area contributed by atoms with Crippen molar-refractivity contribution in [3.8, 4) is 11.5 Å². The topological polar surface area (TPSA) is 61.4 Å². The first-order valence-corrected chi connectivity index (χ1v) is 10.7. The molecule has 0 bridgehead atoms. The molecule has 0 aromatic heterocycles. The molecule has 0 radical (unpaired) electrons. The van der Waals surface area contributed by atoms with Crippen LogP contribution in [0, 0.1) is 5.92 Å². The highest BCUT2D eigenvalue weighted by Gasteiger charge is 2.24. The molecule has 1 atom stereocenters. The van der Waals surface area contributed by atoms with Crippen molar-refractivity contribution >= 4 is 5.96 Å². The number of methoxy groups -OCH3 is 2. The van der Waals surface area contributed by atoms with E-state index in [0.717, 1.165) is 56.0 Å². The summed E-state index contributed by atoms with van der Waals surface area (Å²) in [6.45, 7) is 6.38. The molecule has 0 aliphatic carbocycles. The molecule has 1 unspecified atom stereocenters. The van der Waals surface area contributed by atoms with Gasteiger partial charge in [0.15, 0.2) is 5.96 Å². The largest absolute Gasteiger partial charge is 0.497 e. The Labute approximate surface area is 175 Å². The van der Waals surface area contributed by atoms with Crippen LogP contribution in [0.2, 0.25) is 0 Å². The maximum absolute atomic E-state index is 5.40. The molecular weight excluding hydrogens is 366 g/mol. The van der Waals surface area contributed by atoms with Crippen LogP contribution in [-0.4, -0.2) is 82.8 Å². The normalized spacial score (nSPS) is 21.9. The van der Waals surface area contributed by atoms with E-state index in [9.17, 15) is 0 Å². The predicted octanol–water partition coefficient (Wildman–Crippen LogP) is 1.78. The first-order chi connectivity index (χ1) is 14.1. The Morgan fingerprint density at radius 2 is 1.76 bits per heavy atom. The van der Waals surface area contributed by atoms with Gasteiger partial charge < -0.3 is 25.0 Å². The molecule has 3 rings (SSSR count). The molecule has 2 N–H and O–H groups in total. The third-order valence-electron chi connectivity index (χ3n) is 6.05. The zero-order chi connectivity index (χ0) is 20.6. The molecular formula is C22H37N5O2. The number of likely N-dealkylation sites (tertiary alicyclic amines) is 2. The molecule has 0 spiro atoms. The van der Waals surface area contributed by atoms with E-state index in [2.05, 4.69) is 44.6 Å². The molecule has 0 saturated carbocycles. The van der Waals surface area contributed by atoms with Crippen molar-refractivity contribution in [1.82, 2.24) is 20.4 Å². The van der Waals surface area contributed by atoms with Crippen LogP contribution in [0.3, 0.4) is 0 Å². The van der Waals surface area contributed by atoms with Crippen molar-refractivity contribution in [2.45, 2.75) is 31.8 Å². The second kappa shape index (κ2) is 10.7. The van der Waals surface area contributed by atoms with E-state index in [4.69, 9.17) is 9.47 Å². The van der Waals surface area contributed by atoms with Crippen molar-refractivity contribution in [2.24, 2.45) is 10.9 Å². The Bertz CT molecular complexity index is 651. The molecule has 162 valence electrons. The van der Waals surface area contributed by atoms with Crippen molar-refractivity contribution < 1.29 is 9.47 Å². The van der Waals surface area contributed by atoms with Crippen LogP contribution < -0.4 is 20.1 Å². The number of hydrogen-bond acceptors (Lipinski definition) is 5. The predicted molar refractivity (Wildman–Crippen MR) is 118 cm³/mol. The van der Waals surface area contributed by atoms with Gasteiger partial charge in [-0.15, -0.1) is 0 Å². The fourth-order valence-electron chi connectivity index (χ4n) is 4.21. The van der Waals surface area contributed by atoms with Gasteiger partial charge in [0.2, 0.25) is 0 Å². The van der Waals surface area contributed by atoms with Crippen molar-refractivity contribution in [3.63, 3.8) is 0 Å². The first kappa shape index (κ1) is 21.7. The van der Waals surface area contributed by atoms with E-state index in [1.807, 2.05) is 13.1 Å². The molecule has 2 saturated heterocycles. The Balaban J connectivity index is 1.45. The van der Waals surface area contributed by atoms with Crippen LogP contribution in [0.4, 0.5) is 0 Å². The average molecular weight is 404 g/mol. The minimum Gasteiger partial charge on any atom is -0.497 e. The van der Waals surface area contributed by atoms with Gasteiger partial charge in [-0.05, 0) is 63.0 Å². The van der Waals surface area contributed by atoms with Gasteiger partial charge in [0.1, 0.15) is 11.5 Å². The fraction of sp³-hybridized carbons (Fsp3) is 0.682. The summed E-state index contributed by atoms with van der Waals surface area (Å²) in [5.41, 5.74) is 1.21. The summed E-state index contributed by atoms with van der Waals surface area (Å²) in [6, 6.07) is 6.51. The van der Waals surface area contributed by atoms with Gasteiger partial charge in [0.05, 0.1) is 14.2 Å². The average Bonchev–Trinajstić information content (AvgIpc) is 3.18. The standard InChI is InChI=1S/C22H37N5O2/c1-23-22(24-14-17-5-8-26(2)9-6-17)25-19-7-10-27(16-19)15-18-11-20(28-3)13-21(12-18)29-4/h11-13,17,19H,5-10,14-16H2,1-4H3,(H2,23,24,25). The van der Waals surface area contributed by atoms with Crippen LogP contribution in [-0.2, 0) is 6.54 Å². The monoisotopic (exact) mass is 403 g/mol. The van der Waals surface area contributed by atoms with E-state index in [0.29, 0.717) is 6.04 Å². The minimum absolute atomic E-state index is 0.422. The molecule has 7 heteroatoms. The van der Waals surface area contributed by atoms with Crippen LogP contribution in [0.1, 0.15) is 24.8 Å². The summed E-state index contributed by atoms with van der Waals surface area (Å²) >= 11 is 0. The van der Waals surface area contributed by atoms with Gasteiger partial charge in [0, 0.05) is 45.3 Å². The molecule has 2 aliphatic heterocycles. The zero-order valence-corrected chi connectivity index (χ0v) is 18.4. The van der Waals surface area contributed by atoms with Crippen molar-refractivity contribution in [3.05, 3.63) is 23.8 Å². The molecule has 0 amide bonds. The maximum Gasteiger partial charge on any atom is 0.191 e. The third kappa shape index (κ3) is 6.51. The fourth-order valence-corrected chi connectivity index (χ4v) is 4.21. The van der Waals surface area contributed by atoms with Gasteiger partial charge in [-0.3, -0.25) is 9.89 Å². The number of nitrogens with zero attached hydrogens (tertiary/aromatic N) is 3. The second-order valence-corrected chi connectivity index (χ2v) is 8.29.